The van der Waals surface area contributed by atoms with Gasteiger partial charge in [-0.05, 0) is 6.07 Å². The van der Waals surface area contributed by atoms with E-state index in [4.69, 9.17) is 0 Å². The molecular weight excluding hydrogens is 130 g/mol. The summed E-state index contributed by atoms with van der Waals surface area (Å²) in [7, 11) is 0. The molecule has 2 N–H and O–H groups in total. The van der Waals surface area contributed by atoms with Crippen LogP contribution in [0.1, 0.15) is 0 Å². The molecule has 0 fully saturated rings. The monoisotopic (exact) mass is 137 g/mol. The minimum atomic E-state index is 1.58. The average Bonchev–Trinajstić information content (AvgIpc) is 2.67. The molecule has 2 aromatic rings. The highest BCUT2D eigenvalue weighted by Gasteiger charge is 1.57. The van der Waals surface area contributed by atoms with Gasteiger partial charge in [-0.25, -0.2) is 0 Å². The molecule has 0 amide bonds. The second-order valence-electron chi connectivity index (χ2n) is 1.42. The summed E-state index contributed by atoms with van der Waals surface area (Å²) in [5.74, 6) is 0. The molecule has 52 valence electrons. The Bertz CT molecular complexity index is 149. The van der Waals surface area contributed by atoms with Gasteiger partial charge in [-0.15, -0.1) is 0 Å². The molecule has 0 bridgehead atoms. The van der Waals surface area contributed by atoms with E-state index in [-0.39, 0.29) is 0 Å². The highest BCUT2D eigenvalue weighted by molar-refractivity contribution is 4.72. The van der Waals surface area contributed by atoms with Crippen molar-refractivity contribution in [1.29, 1.82) is 0 Å². The first kappa shape index (κ1) is 6.47. The molecule has 2 rings (SSSR count). The van der Waals surface area contributed by atoms with Gasteiger partial charge in [0.1, 0.15) is 0 Å². The molecule has 0 radical (unpaired) electrons. The second kappa shape index (κ2) is 4.25. The van der Waals surface area contributed by atoms with Gasteiger partial charge in [0.15, 0.2) is 0 Å². The fourth-order valence-electron chi connectivity index (χ4n) is 0.382. The van der Waals surface area contributed by atoms with Crippen LogP contribution in [-0.4, -0.2) is 25.6 Å². The van der Waals surface area contributed by atoms with Crippen LogP contribution in [0, 0.1) is 0 Å². The summed E-state index contributed by atoms with van der Waals surface area (Å²) in [4.78, 5) is 0. The molecule has 0 saturated heterocycles. The lowest BCUT2D eigenvalue weighted by Crippen LogP contribution is -1.61. The number of aromatic amines is 2. The SMILES string of the molecule is c1cn[nH]c1.c1cn[nH]n1. The molecule has 5 heteroatoms. The zero-order valence-corrected chi connectivity index (χ0v) is 5.23. The topological polar surface area (TPSA) is 70.2 Å². The van der Waals surface area contributed by atoms with E-state index < -0.39 is 0 Å². The van der Waals surface area contributed by atoms with Crippen LogP contribution in [0.15, 0.2) is 30.9 Å². The Kier molecular flexibility index (Phi) is 2.75. The van der Waals surface area contributed by atoms with E-state index >= 15 is 0 Å². The summed E-state index contributed by atoms with van der Waals surface area (Å²) in [5.41, 5.74) is 0. The number of H-pyrrole nitrogens is 2. The van der Waals surface area contributed by atoms with Crippen LogP contribution in [0.2, 0.25) is 0 Å². The molecule has 2 heterocycles. The Morgan fingerprint density at radius 1 is 0.900 bits per heavy atom. The van der Waals surface area contributed by atoms with Crippen LogP contribution in [-0.2, 0) is 0 Å². The number of nitrogens with one attached hydrogen (secondary N) is 2. The zero-order valence-electron chi connectivity index (χ0n) is 5.23. The van der Waals surface area contributed by atoms with Crippen molar-refractivity contribution in [2.24, 2.45) is 0 Å². The third-order valence-electron chi connectivity index (χ3n) is 0.737. The zero-order chi connectivity index (χ0) is 7.07. The molecule has 5 nitrogen and oxygen atoms in total. The van der Waals surface area contributed by atoms with Gasteiger partial charge in [-0.1, -0.05) is 0 Å². The summed E-state index contributed by atoms with van der Waals surface area (Å²) >= 11 is 0. The normalized spacial score (nSPS) is 8.00. The summed E-state index contributed by atoms with van der Waals surface area (Å²) < 4.78 is 0. The van der Waals surface area contributed by atoms with Crippen molar-refractivity contribution in [3.63, 3.8) is 0 Å². The lowest BCUT2D eigenvalue weighted by atomic mass is 10.8. The van der Waals surface area contributed by atoms with Crippen LogP contribution in [0.25, 0.3) is 0 Å². The van der Waals surface area contributed by atoms with Gasteiger partial charge in [-0.2, -0.15) is 20.5 Å². The van der Waals surface area contributed by atoms with E-state index in [1.807, 2.05) is 6.07 Å². The molecule has 0 aliphatic carbocycles. The number of aromatic nitrogens is 5. The quantitative estimate of drug-likeness (QED) is 0.545. The van der Waals surface area contributed by atoms with Gasteiger partial charge in [0.25, 0.3) is 0 Å². The fourth-order valence-corrected chi connectivity index (χ4v) is 0.382. The standard InChI is InChI=1S/C3H4N2.C2H3N3/c2*1-2-4-5-3-1/h1-3H,(H,4,5);1-2H,(H,3,4,5). The molecule has 10 heavy (non-hydrogen) atoms. The van der Waals surface area contributed by atoms with E-state index in [9.17, 15) is 0 Å². The fraction of sp³-hybridized carbons (Fsp3) is 0. The molecule has 0 aromatic carbocycles. The van der Waals surface area contributed by atoms with Crippen molar-refractivity contribution in [3.05, 3.63) is 30.9 Å². The van der Waals surface area contributed by atoms with E-state index in [0.717, 1.165) is 0 Å². The van der Waals surface area contributed by atoms with Crippen molar-refractivity contribution in [1.82, 2.24) is 25.6 Å². The predicted molar refractivity (Wildman–Crippen MR) is 35.0 cm³/mol. The molecule has 0 saturated carbocycles. The van der Waals surface area contributed by atoms with Crippen LogP contribution >= 0.6 is 0 Å². The molecule has 0 atom stereocenters. The predicted octanol–water partition coefficient (Wildman–Crippen LogP) is 0.214. The molecular formula is C5H7N5. The molecule has 0 aliphatic rings. The minimum Gasteiger partial charge on any atom is -0.286 e. The Balaban J connectivity index is 0.0000001000. The van der Waals surface area contributed by atoms with Gasteiger partial charge >= 0.3 is 0 Å². The maximum absolute atomic E-state index is 3.60. The van der Waals surface area contributed by atoms with Crippen molar-refractivity contribution in [3.8, 4) is 0 Å². The maximum atomic E-state index is 3.60. The Labute approximate surface area is 57.5 Å². The third kappa shape index (κ3) is 2.61. The van der Waals surface area contributed by atoms with Gasteiger partial charge < -0.3 is 0 Å². The second-order valence-corrected chi connectivity index (χ2v) is 1.42. The first-order valence-electron chi connectivity index (χ1n) is 2.73. The number of hydrogen-bond donors (Lipinski definition) is 2. The number of hydrogen-bond acceptors (Lipinski definition) is 3. The summed E-state index contributed by atoms with van der Waals surface area (Å²) in [6.45, 7) is 0. The van der Waals surface area contributed by atoms with E-state index in [0.29, 0.717) is 0 Å². The third-order valence-corrected chi connectivity index (χ3v) is 0.737. The average molecular weight is 137 g/mol. The van der Waals surface area contributed by atoms with Crippen molar-refractivity contribution < 1.29 is 0 Å². The molecule has 0 aliphatic heterocycles. The highest BCUT2D eigenvalue weighted by Crippen LogP contribution is 1.64. The Morgan fingerprint density at radius 2 is 1.70 bits per heavy atom. The largest absolute Gasteiger partial charge is 0.286 e. The van der Waals surface area contributed by atoms with Gasteiger partial charge in [0.2, 0.25) is 0 Å². The highest BCUT2D eigenvalue weighted by atomic mass is 15.3. The van der Waals surface area contributed by atoms with Crippen LogP contribution in [0.5, 0.6) is 0 Å². The van der Waals surface area contributed by atoms with E-state index in [2.05, 4.69) is 25.6 Å². The first-order chi connectivity index (χ1) is 5.00. The van der Waals surface area contributed by atoms with Crippen LogP contribution < -0.4 is 0 Å². The van der Waals surface area contributed by atoms with Crippen LogP contribution in [0.3, 0.4) is 0 Å². The van der Waals surface area contributed by atoms with Crippen LogP contribution in [0.4, 0.5) is 0 Å². The molecule has 0 unspecified atom stereocenters. The lowest BCUT2D eigenvalue weighted by Gasteiger charge is -1.49. The van der Waals surface area contributed by atoms with Gasteiger partial charge in [0, 0.05) is 12.4 Å². The van der Waals surface area contributed by atoms with E-state index in [1.54, 1.807) is 24.8 Å². The Morgan fingerprint density at radius 3 is 1.90 bits per heavy atom. The first-order valence-corrected chi connectivity index (χ1v) is 2.73. The van der Waals surface area contributed by atoms with Gasteiger partial charge in [0.05, 0.1) is 12.4 Å². The number of rotatable bonds is 0. The lowest BCUT2D eigenvalue weighted by molar-refractivity contribution is 0.940. The summed E-state index contributed by atoms with van der Waals surface area (Å²) in [6.07, 6.45) is 6.62. The van der Waals surface area contributed by atoms with Crippen molar-refractivity contribution in [2.45, 2.75) is 0 Å². The number of nitrogens with zero attached hydrogens (tertiary/aromatic N) is 3. The van der Waals surface area contributed by atoms with Crippen molar-refractivity contribution >= 4 is 0 Å². The summed E-state index contributed by atoms with van der Waals surface area (Å²) in [6, 6.07) is 1.83. The summed E-state index contributed by atoms with van der Waals surface area (Å²) in [5, 5.41) is 15.5. The minimum absolute atomic E-state index is 1.58. The molecule has 0 spiro atoms. The smallest absolute Gasteiger partial charge is 0.0690 e. The van der Waals surface area contributed by atoms with Crippen molar-refractivity contribution in [2.75, 3.05) is 0 Å². The Hall–Kier alpha value is -1.65. The van der Waals surface area contributed by atoms with E-state index in [1.165, 1.54) is 0 Å². The molecule has 2 aromatic heterocycles. The van der Waals surface area contributed by atoms with Gasteiger partial charge in [-0.3, -0.25) is 5.10 Å². The maximum Gasteiger partial charge on any atom is 0.0690 e.